The van der Waals surface area contributed by atoms with Crippen molar-refractivity contribution in [3.63, 3.8) is 0 Å². The van der Waals surface area contributed by atoms with Crippen molar-refractivity contribution in [3.05, 3.63) is 42.1 Å². The van der Waals surface area contributed by atoms with Crippen LogP contribution in [-0.2, 0) is 11.2 Å². The second-order valence-electron chi connectivity index (χ2n) is 3.59. The molecule has 0 saturated heterocycles. The number of rotatable bonds is 3. The first-order valence-electron chi connectivity index (χ1n) is 4.91. The fraction of sp³-hybridized carbons (Fsp3) is 0.167. The maximum Gasteiger partial charge on any atom is 0.332 e. The van der Waals surface area contributed by atoms with Crippen molar-refractivity contribution in [1.29, 1.82) is 0 Å². The molecule has 0 aliphatic carbocycles. The minimum absolute atomic E-state index is 0.111. The number of benzene rings is 1. The Morgan fingerprint density at radius 3 is 2.94 bits per heavy atom. The molecule has 1 aromatic heterocycles. The average molecular weight is 217 g/mol. The van der Waals surface area contributed by atoms with E-state index in [4.69, 9.17) is 5.11 Å². The van der Waals surface area contributed by atoms with E-state index in [0.717, 1.165) is 16.5 Å². The van der Waals surface area contributed by atoms with E-state index in [9.17, 15) is 9.90 Å². The van der Waals surface area contributed by atoms with Crippen LogP contribution >= 0.6 is 0 Å². The van der Waals surface area contributed by atoms with Crippen LogP contribution in [0.15, 0.2) is 36.5 Å². The highest BCUT2D eigenvalue weighted by molar-refractivity contribution is 5.79. The van der Waals surface area contributed by atoms with Crippen LogP contribution in [0.4, 0.5) is 0 Å². The number of aliphatic hydroxyl groups excluding tert-OH is 1. The molecule has 0 aliphatic heterocycles. The third-order valence-electron chi connectivity index (χ3n) is 2.38. The Morgan fingerprint density at radius 1 is 1.38 bits per heavy atom. The predicted molar refractivity (Wildman–Crippen MR) is 59.1 cm³/mol. The molecular weight excluding hydrogens is 206 g/mol. The van der Waals surface area contributed by atoms with Gasteiger partial charge in [-0.05, 0) is 23.8 Å². The monoisotopic (exact) mass is 217 g/mol. The van der Waals surface area contributed by atoms with E-state index >= 15 is 0 Å². The van der Waals surface area contributed by atoms with Crippen molar-refractivity contribution in [3.8, 4) is 0 Å². The van der Waals surface area contributed by atoms with Crippen LogP contribution in [0, 0.1) is 0 Å². The lowest BCUT2D eigenvalue weighted by Crippen LogP contribution is -2.21. The molecule has 4 nitrogen and oxygen atoms in total. The lowest BCUT2D eigenvalue weighted by molar-refractivity contribution is -0.146. The lowest BCUT2D eigenvalue weighted by Gasteiger charge is -2.06. The Labute approximate surface area is 92.2 Å². The van der Waals surface area contributed by atoms with Crippen LogP contribution in [0.5, 0.6) is 0 Å². The molecule has 1 aromatic carbocycles. The number of aromatic nitrogens is 1. The maximum absolute atomic E-state index is 10.5. The van der Waals surface area contributed by atoms with Crippen molar-refractivity contribution in [2.75, 3.05) is 0 Å². The smallest absolute Gasteiger partial charge is 0.332 e. The van der Waals surface area contributed by atoms with Crippen LogP contribution in [0.2, 0.25) is 0 Å². The van der Waals surface area contributed by atoms with E-state index in [1.54, 1.807) is 12.3 Å². The number of fused-ring (bicyclic) bond motifs is 1. The highest BCUT2D eigenvalue weighted by atomic mass is 16.4. The normalized spacial score (nSPS) is 12.6. The summed E-state index contributed by atoms with van der Waals surface area (Å²) in [5, 5.41) is 18.8. The summed E-state index contributed by atoms with van der Waals surface area (Å²) >= 11 is 0. The third-order valence-corrected chi connectivity index (χ3v) is 2.38. The Bertz CT molecular complexity index is 524. The molecule has 16 heavy (non-hydrogen) atoms. The number of carbonyl (C=O) groups is 1. The van der Waals surface area contributed by atoms with Gasteiger partial charge in [0.05, 0.1) is 5.52 Å². The second-order valence-corrected chi connectivity index (χ2v) is 3.59. The number of carboxylic acid groups (broad SMARTS) is 1. The standard InChI is InChI=1S/C12H11NO3/c14-11(12(15)16)7-8-3-4-10-9(6-8)2-1-5-13-10/h1-6,11,14H,7H2,(H,15,16). The van der Waals surface area contributed by atoms with Crippen LogP contribution in [0.1, 0.15) is 5.56 Å². The number of nitrogens with zero attached hydrogens (tertiary/aromatic N) is 1. The summed E-state index contributed by atoms with van der Waals surface area (Å²) in [6, 6.07) is 9.16. The van der Waals surface area contributed by atoms with Crippen LogP contribution in [-0.4, -0.2) is 27.3 Å². The minimum atomic E-state index is -1.35. The minimum Gasteiger partial charge on any atom is -0.479 e. The zero-order chi connectivity index (χ0) is 11.5. The van der Waals surface area contributed by atoms with E-state index < -0.39 is 12.1 Å². The fourth-order valence-corrected chi connectivity index (χ4v) is 1.56. The molecule has 0 radical (unpaired) electrons. The predicted octanol–water partition coefficient (Wildman–Crippen LogP) is 1.22. The van der Waals surface area contributed by atoms with Gasteiger partial charge >= 0.3 is 5.97 Å². The number of hydrogen-bond acceptors (Lipinski definition) is 3. The molecule has 1 heterocycles. The Hall–Kier alpha value is -1.94. The zero-order valence-electron chi connectivity index (χ0n) is 8.50. The number of carboxylic acids is 1. The lowest BCUT2D eigenvalue weighted by atomic mass is 10.1. The van der Waals surface area contributed by atoms with E-state index in [1.165, 1.54) is 0 Å². The van der Waals surface area contributed by atoms with E-state index in [2.05, 4.69) is 4.98 Å². The molecule has 4 heteroatoms. The van der Waals surface area contributed by atoms with Gasteiger partial charge in [0.1, 0.15) is 0 Å². The van der Waals surface area contributed by atoms with Crippen LogP contribution in [0.25, 0.3) is 10.9 Å². The number of aliphatic hydroxyl groups is 1. The summed E-state index contributed by atoms with van der Waals surface area (Å²) in [6.07, 6.45) is 0.461. The number of pyridine rings is 1. The van der Waals surface area contributed by atoms with Crippen LogP contribution < -0.4 is 0 Å². The second kappa shape index (κ2) is 4.28. The van der Waals surface area contributed by atoms with E-state index in [-0.39, 0.29) is 6.42 Å². The molecule has 0 fully saturated rings. The van der Waals surface area contributed by atoms with Crippen molar-refractivity contribution in [1.82, 2.24) is 4.98 Å². The van der Waals surface area contributed by atoms with Gasteiger partial charge in [-0.1, -0.05) is 12.1 Å². The molecule has 2 N–H and O–H groups in total. The Balaban J connectivity index is 2.29. The molecule has 1 unspecified atom stereocenters. The molecule has 0 spiro atoms. The van der Waals surface area contributed by atoms with Gasteiger partial charge in [-0.15, -0.1) is 0 Å². The molecule has 2 rings (SSSR count). The topological polar surface area (TPSA) is 70.4 Å². The van der Waals surface area contributed by atoms with Crippen LogP contribution in [0.3, 0.4) is 0 Å². The van der Waals surface area contributed by atoms with Gasteiger partial charge in [0.15, 0.2) is 6.10 Å². The average Bonchev–Trinajstić information content (AvgIpc) is 2.28. The van der Waals surface area contributed by atoms with Crippen molar-refractivity contribution in [2.45, 2.75) is 12.5 Å². The maximum atomic E-state index is 10.5. The van der Waals surface area contributed by atoms with Gasteiger partial charge in [0, 0.05) is 18.0 Å². The van der Waals surface area contributed by atoms with Gasteiger partial charge in [-0.3, -0.25) is 4.98 Å². The van der Waals surface area contributed by atoms with Gasteiger partial charge in [0.25, 0.3) is 0 Å². The van der Waals surface area contributed by atoms with E-state index in [1.807, 2.05) is 24.3 Å². The molecule has 0 saturated carbocycles. The number of hydrogen-bond donors (Lipinski definition) is 2. The summed E-state index contributed by atoms with van der Waals surface area (Å²) in [5.41, 5.74) is 1.64. The Morgan fingerprint density at radius 2 is 2.19 bits per heavy atom. The summed E-state index contributed by atoms with van der Waals surface area (Å²) < 4.78 is 0. The largest absolute Gasteiger partial charge is 0.479 e. The molecule has 1 atom stereocenters. The van der Waals surface area contributed by atoms with Crippen molar-refractivity contribution in [2.24, 2.45) is 0 Å². The van der Waals surface area contributed by atoms with Gasteiger partial charge in [0.2, 0.25) is 0 Å². The summed E-state index contributed by atoms with van der Waals surface area (Å²) in [4.78, 5) is 14.7. The molecule has 0 aliphatic rings. The molecule has 82 valence electrons. The van der Waals surface area contributed by atoms with Crippen molar-refractivity contribution >= 4 is 16.9 Å². The first-order chi connectivity index (χ1) is 7.66. The summed E-state index contributed by atoms with van der Waals surface area (Å²) in [5.74, 6) is -1.20. The molecular formula is C12H11NO3. The van der Waals surface area contributed by atoms with E-state index in [0.29, 0.717) is 0 Å². The first-order valence-corrected chi connectivity index (χ1v) is 4.91. The third kappa shape index (κ3) is 2.17. The first kappa shape index (κ1) is 10.6. The molecule has 0 amide bonds. The molecule has 2 aromatic rings. The quantitative estimate of drug-likeness (QED) is 0.811. The fourth-order valence-electron chi connectivity index (χ4n) is 1.56. The van der Waals surface area contributed by atoms with Gasteiger partial charge < -0.3 is 10.2 Å². The van der Waals surface area contributed by atoms with Gasteiger partial charge in [-0.2, -0.15) is 0 Å². The zero-order valence-corrected chi connectivity index (χ0v) is 8.50. The highest BCUT2D eigenvalue weighted by Gasteiger charge is 2.13. The summed E-state index contributed by atoms with van der Waals surface area (Å²) in [7, 11) is 0. The SMILES string of the molecule is O=C(O)C(O)Cc1ccc2ncccc2c1. The van der Waals surface area contributed by atoms with Gasteiger partial charge in [-0.25, -0.2) is 4.79 Å². The highest BCUT2D eigenvalue weighted by Crippen LogP contribution is 2.14. The van der Waals surface area contributed by atoms with Crippen molar-refractivity contribution < 1.29 is 15.0 Å². The Kier molecular flexibility index (Phi) is 2.83. The summed E-state index contributed by atoms with van der Waals surface area (Å²) in [6.45, 7) is 0. The molecule has 0 bridgehead atoms. The number of aliphatic carboxylic acids is 1.